The Labute approximate surface area is 123 Å². The van der Waals surface area contributed by atoms with Crippen molar-refractivity contribution in [3.05, 3.63) is 41.7 Å². The Hall–Kier alpha value is -1.06. The van der Waals surface area contributed by atoms with Gasteiger partial charge in [0.05, 0.1) is 18.5 Å². The fourth-order valence-corrected chi connectivity index (χ4v) is 3.98. The Morgan fingerprint density at radius 2 is 1.75 bits per heavy atom. The highest BCUT2D eigenvalue weighted by atomic mass is 35.5. The largest absolute Gasteiger partial charge is 0.366 e. The average molecular weight is 314 g/mol. The Bertz CT molecular complexity index is 616. The van der Waals surface area contributed by atoms with Gasteiger partial charge in [-0.1, -0.05) is 29.8 Å². The lowest BCUT2D eigenvalue weighted by molar-refractivity contribution is 0.230. The minimum atomic E-state index is -3.34. The van der Waals surface area contributed by atoms with Gasteiger partial charge < -0.3 is 14.0 Å². The number of hydrogen-bond donors (Lipinski definition) is 1. The van der Waals surface area contributed by atoms with Crippen LogP contribution in [0, 0.1) is 0 Å². The molecule has 0 bridgehead atoms. The average Bonchev–Trinajstić information content (AvgIpc) is 2.89. The lowest BCUT2D eigenvalue weighted by atomic mass is 10.1. The summed E-state index contributed by atoms with van der Waals surface area (Å²) in [5.74, 6) is 0. The topological polar surface area (TPSA) is 51.3 Å². The summed E-state index contributed by atoms with van der Waals surface area (Å²) in [7, 11) is -3.34. The van der Waals surface area contributed by atoms with Crippen molar-refractivity contribution in [3.8, 4) is 11.1 Å². The third-order valence-corrected chi connectivity index (χ3v) is 5.27. The van der Waals surface area contributed by atoms with Crippen molar-refractivity contribution < 1.29 is 13.6 Å². The summed E-state index contributed by atoms with van der Waals surface area (Å²) in [6.45, 7) is 4.19. The first kappa shape index (κ1) is 15.3. The first-order valence-electron chi connectivity index (χ1n) is 6.43. The lowest BCUT2D eigenvalue weighted by Gasteiger charge is -2.17. The van der Waals surface area contributed by atoms with Crippen LogP contribution in [0.5, 0.6) is 0 Å². The van der Waals surface area contributed by atoms with Gasteiger partial charge in [0.2, 0.25) is 0 Å². The maximum Gasteiger partial charge on any atom is 0.363 e. The molecule has 0 amide bonds. The van der Waals surface area contributed by atoms with Crippen molar-refractivity contribution in [1.29, 1.82) is 0 Å². The second-order valence-corrected chi connectivity index (χ2v) is 6.47. The summed E-state index contributed by atoms with van der Waals surface area (Å²) >= 11 is 6.21. The van der Waals surface area contributed by atoms with E-state index < -0.39 is 7.60 Å². The Morgan fingerprint density at radius 1 is 1.10 bits per heavy atom. The zero-order valence-corrected chi connectivity index (χ0v) is 13.1. The Morgan fingerprint density at radius 3 is 2.35 bits per heavy atom. The second kappa shape index (κ2) is 6.59. The van der Waals surface area contributed by atoms with E-state index in [2.05, 4.69) is 4.98 Å². The van der Waals surface area contributed by atoms with Crippen LogP contribution in [-0.4, -0.2) is 18.2 Å². The van der Waals surface area contributed by atoms with E-state index in [1.54, 1.807) is 32.3 Å². The zero-order valence-electron chi connectivity index (χ0n) is 11.4. The van der Waals surface area contributed by atoms with Gasteiger partial charge in [0.25, 0.3) is 0 Å². The number of aromatic amines is 1. The summed E-state index contributed by atoms with van der Waals surface area (Å²) < 4.78 is 23.6. The van der Waals surface area contributed by atoms with Crippen LogP contribution in [-0.2, 0) is 13.6 Å². The monoisotopic (exact) mass is 313 g/mol. The summed E-state index contributed by atoms with van der Waals surface area (Å²) in [6, 6.07) is 7.39. The molecule has 1 N–H and O–H groups in total. The summed E-state index contributed by atoms with van der Waals surface area (Å²) in [5, 5.41) is 1.10. The van der Waals surface area contributed by atoms with Gasteiger partial charge in [-0.25, -0.2) is 0 Å². The van der Waals surface area contributed by atoms with Crippen LogP contribution < -0.4 is 5.30 Å². The molecule has 0 unspecified atom stereocenters. The molecular formula is C14H17ClNO3P. The number of hydrogen-bond acceptors (Lipinski definition) is 3. The van der Waals surface area contributed by atoms with Gasteiger partial charge in [-0.2, -0.15) is 0 Å². The van der Waals surface area contributed by atoms with Crippen LogP contribution in [0.25, 0.3) is 11.1 Å². The summed E-state index contributed by atoms with van der Waals surface area (Å²) in [4.78, 5) is 2.96. The van der Waals surface area contributed by atoms with Gasteiger partial charge in [0.15, 0.2) is 0 Å². The lowest BCUT2D eigenvalue weighted by Crippen LogP contribution is -2.11. The molecule has 1 heterocycles. The Kier molecular flexibility index (Phi) is 5.06. The molecule has 0 radical (unpaired) electrons. The highest BCUT2D eigenvalue weighted by molar-refractivity contribution is 7.62. The predicted octanol–water partition coefficient (Wildman–Crippen LogP) is 4.23. The molecule has 0 fully saturated rings. The summed E-state index contributed by atoms with van der Waals surface area (Å²) in [6.07, 6.45) is 3.39. The number of benzene rings is 1. The molecule has 1 aromatic heterocycles. The number of aromatic nitrogens is 1. The molecule has 108 valence electrons. The first-order valence-corrected chi connectivity index (χ1v) is 8.35. The van der Waals surface area contributed by atoms with Gasteiger partial charge in [-0.15, -0.1) is 0 Å². The molecule has 0 aliphatic rings. The van der Waals surface area contributed by atoms with E-state index in [4.69, 9.17) is 20.6 Å². The maximum atomic E-state index is 12.9. The molecule has 1 aromatic carbocycles. The normalized spacial score (nSPS) is 11.8. The molecule has 0 atom stereocenters. The van der Waals surface area contributed by atoms with E-state index in [0.29, 0.717) is 23.5 Å². The van der Waals surface area contributed by atoms with E-state index in [1.807, 2.05) is 18.2 Å². The summed E-state index contributed by atoms with van der Waals surface area (Å²) in [5.41, 5.74) is 1.53. The third-order valence-electron chi connectivity index (χ3n) is 2.78. The van der Waals surface area contributed by atoms with E-state index >= 15 is 0 Å². The van der Waals surface area contributed by atoms with Crippen LogP contribution in [0.4, 0.5) is 0 Å². The Balaban J connectivity index is 2.52. The van der Waals surface area contributed by atoms with Crippen molar-refractivity contribution in [3.63, 3.8) is 0 Å². The number of H-pyrrole nitrogens is 1. The van der Waals surface area contributed by atoms with Gasteiger partial charge >= 0.3 is 7.60 Å². The molecular weight excluding hydrogens is 297 g/mol. The first-order chi connectivity index (χ1) is 9.62. The SMILES string of the molecule is CCOP(=O)(OCC)c1c[nH]cc1-c1ccccc1Cl. The number of rotatable bonds is 6. The van der Waals surface area contributed by atoms with Crippen molar-refractivity contribution >= 4 is 24.5 Å². The highest BCUT2D eigenvalue weighted by Crippen LogP contribution is 2.49. The maximum absolute atomic E-state index is 12.9. The van der Waals surface area contributed by atoms with E-state index in [0.717, 1.165) is 11.1 Å². The van der Waals surface area contributed by atoms with Crippen LogP contribution in [0.1, 0.15) is 13.8 Å². The van der Waals surface area contributed by atoms with Crippen molar-refractivity contribution in [2.75, 3.05) is 13.2 Å². The van der Waals surface area contributed by atoms with Gasteiger partial charge in [0.1, 0.15) is 0 Å². The van der Waals surface area contributed by atoms with Crippen LogP contribution in [0.3, 0.4) is 0 Å². The molecule has 0 saturated carbocycles. The highest BCUT2D eigenvalue weighted by Gasteiger charge is 2.31. The molecule has 2 rings (SSSR count). The molecule has 2 aromatic rings. The fourth-order valence-electron chi connectivity index (χ4n) is 1.99. The van der Waals surface area contributed by atoms with Crippen molar-refractivity contribution in [1.82, 2.24) is 4.98 Å². The van der Waals surface area contributed by atoms with Crippen molar-refractivity contribution in [2.24, 2.45) is 0 Å². The standard InChI is InChI=1S/C14H17ClNO3P/c1-3-18-20(17,19-4-2)14-10-16-9-12(14)11-7-5-6-8-13(11)15/h5-10,16H,3-4H2,1-2H3. The quantitative estimate of drug-likeness (QED) is 0.812. The minimum absolute atomic E-state index is 0.310. The van der Waals surface area contributed by atoms with Crippen LogP contribution in [0.2, 0.25) is 5.02 Å². The number of halogens is 1. The second-order valence-electron chi connectivity index (χ2n) is 4.07. The van der Waals surface area contributed by atoms with E-state index in [1.165, 1.54) is 0 Å². The molecule has 0 aliphatic heterocycles. The molecule has 0 spiro atoms. The third kappa shape index (κ3) is 2.99. The van der Waals surface area contributed by atoms with Crippen LogP contribution in [0.15, 0.2) is 36.7 Å². The minimum Gasteiger partial charge on any atom is -0.366 e. The molecule has 4 nitrogen and oxygen atoms in total. The fraction of sp³-hybridized carbons (Fsp3) is 0.286. The smallest absolute Gasteiger partial charge is 0.363 e. The molecule has 0 aliphatic carbocycles. The zero-order chi connectivity index (χ0) is 14.6. The van der Waals surface area contributed by atoms with E-state index in [9.17, 15) is 4.57 Å². The van der Waals surface area contributed by atoms with Gasteiger partial charge in [0, 0.05) is 28.5 Å². The molecule has 0 saturated heterocycles. The van der Waals surface area contributed by atoms with E-state index in [-0.39, 0.29) is 0 Å². The predicted molar refractivity (Wildman–Crippen MR) is 81.7 cm³/mol. The van der Waals surface area contributed by atoms with Crippen molar-refractivity contribution in [2.45, 2.75) is 13.8 Å². The van der Waals surface area contributed by atoms with Gasteiger partial charge in [-0.3, -0.25) is 4.57 Å². The molecule has 6 heteroatoms. The number of nitrogens with one attached hydrogen (secondary N) is 1. The van der Waals surface area contributed by atoms with Crippen LogP contribution >= 0.6 is 19.2 Å². The molecule has 20 heavy (non-hydrogen) atoms. The van der Waals surface area contributed by atoms with Gasteiger partial charge in [-0.05, 0) is 19.9 Å².